The molecule has 115 valence electrons. The van der Waals surface area contributed by atoms with Crippen LogP contribution >= 0.6 is 0 Å². The minimum Gasteiger partial charge on any atom is -0.380 e. The molecule has 3 heteroatoms. The van der Waals surface area contributed by atoms with Crippen LogP contribution in [0.3, 0.4) is 0 Å². The van der Waals surface area contributed by atoms with Crippen LogP contribution in [0, 0.1) is 0 Å². The van der Waals surface area contributed by atoms with Gasteiger partial charge in [0.2, 0.25) is 0 Å². The molecule has 0 N–H and O–H groups in total. The molecular weight excluding hydrogens is 238 g/mol. The smallest absolute Gasteiger partial charge is 0.0607 e. The lowest BCUT2D eigenvalue weighted by molar-refractivity contribution is 0.116. The van der Waals surface area contributed by atoms with Crippen molar-refractivity contribution in [2.75, 3.05) is 39.5 Å². The van der Waals surface area contributed by atoms with Crippen molar-refractivity contribution in [3.63, 3.8) is 0 Å². The van der Waals surface area contributed by atoms with Crippen LogP contribution in [-0.4, -0.2) is 39.5 Å². The van der Waals surface area contributed by atoms with Gasteiger partial charge in [-0.15, -0.1) is 0 Å². The van der Waals surface area contributed by atoms with Crippen LogP contribution in [0.15, 0.2) is 0 Å². The fourth-order valence-corrected chi connectivity index (χ4v) is 1.84. The molecule has 0 saturated carbocycles. The highest BCUT2D eigenvalue weighted by molar-refractivity contribution is 4.46. The molecule has 0 heterocycles. The van der Waals surface area contributed by atoms with Crippen LogP contribution in [0.25, 0.3) is 0 Å². The monoisotopic (exact) mass is 272 g/mol. The Kier molecular flexibility index (Phi) is 17.8. The molecule has 3 nitrogen and oxygen atoms in total. The molecular formula is C16H34NO2. The van der Waals surface area contributed by atoms with Crippen LogP contribution in [0.4, 0.5) is 0 Å². The maximum Gasteiger partial charge on any atom is 0.0607 e. The van der Waals surface area contributed by atoms with Crippen LogP contribution in [0.5, 0.6) is 0 Å². The Labute approximate surface area is 120 Å². The number of unbranched alkanes of at least 4 members (excludes halogenated alkanes) is 6. The quantitative estimate of drug-likeness (QED) is 0.400. The molecule has 0 unspecified atom stereocenters. The number of ether oxygens (including phenoxy) is 2. The van der Waals surface area contributed by atoms with Gasteiger partial charge < -0.3 is 9.47 Å². The summed E-state index contributed by atoms with van der Waals surface area (Å²) in [4.78, 5) is 0. The molecule has 1 radical (unpaired) electrons. The van der Waals surface area contributed by atoms with E-state index in [-0.39, 0.29) is 0 Å². The van der Waals surface area contributed by atoms with Gasteiger partial charge in [-0.1, -0.05) is 52.4 Å². The van der Waals surface area contributed by atoms with E-state index in [0.717, 1.165) is 39.5 Å². The van der Waals surface area contributed by atoms with E-state index in [2.05, 4.69) is 19.2 Å². The number of hydrogen-bond donors (Lipinski definition) is 0. The first-order valence-corrected chi connectivity index (χ1v) is 8.20. The van der Waals surface area contributed by atoms with Gasteiger partial charge in [0.15, 0.2) is 0 Å². The van der Waals surface area contributed by atoms with Gasteiger partial charge in [-0.3, -0.25) is 0 Å². The van der Waals surface area contributed by atoms with Crippen molar-refractivity contribution < 1.29 is 9.47 Å². The van der Waals surface area contributed by atoms with Crippen molar-refractivity contribution in [3.8, 4) is 0 Å². The molecule has 0 rings (SSSR count). The van der Waals surface area contributed by atoms with Crippen LogP contribution < -0.4 is 5.32 Å². The fraction of sp³-hybridized carbons (Fsp3) is 1.00. The van der Waals surface area contributed by atoms with Crippen molar-refractivity contribution in [1.29, 1.82) is 0 Å². The Morgan fingerprint density at radius 1 is 0.579 bits per heavy atom. The second-order valence-corrected chi connectivity index (χ2v) is 5.02. The minimum atomic E-state index is 0.766. The third-order valence-corrected chi connectivity index (χ3v) is 3.07. The maximum absolute atomic E-state index is 5.52. The average Bonchev–Trinajstić information content (AvgIpc) is 2.43. The molecule has 0 amide bonds. The average molecular weight is 272 g/mol. The molecule has 0 saturated heterocycles. The zero-order chi connectivity index (χ0) is 14.0. The highest BCUT2D eigenvalue weighted by Gasteiger charge is 1.93. The fourth-order valence-electron chi connectivity index (χ4n) is 1.84. The van der Waals surface area contributed by atoms with Gasteiger partial charge >= 0.3 is 0 Å². The van der Waals surface area contributed by atoms with E-state index >= 15 is 0 Å². The zero-order valence-corrected chi connectivity index (χ0v) is 13.2. The second kappa shape index (κ2) is 17.9. The van der Waals surface area contributed by atoms with Gasteiger partial charge in [-0.05, 0) is 12.8 Å². The third-order valence-electron chi connectivity index (χ3n) is 3.07. The van der Waals surface area contributed by atoms with Gasteiger partial charge in [0.05, 0.1) is 13.2 Å². The summed E-state index contributed by atoms with van der Waals surface area (Å²) in [6.07, 6.45) is 10.2. The Hall–Kier alpha value is -0.120. The molecule has 0 aromatic rings. The van der Waals surface area contributed by atoms with E-state index < -0.39 is 0 Å². The minimum absolute atomic E-state index is 0.766. The molecule has 0 bridgehead atoms. The van der Waals surface area contributed by atoms with Crippen LogP contribution in [0.2, 0.25) is 0 Å². The SMILES string of the molecule is CCCCCCOCC[N]CCOCCCCCC. The summed E-state index contributed by atoms with van der Waals surface area (Å²) in [5.41, 5.74) is 0. The van der Waals surface area contributed by atoms with Gasteiger partial charge in [0, 0.05) is 26.3 Å². The molecule has 0 atom stereocenters. The Morgan fingerprint density at radius 3 is 1.47 bits per heavy atom. The third kappa shape index (κ3) is 17.9. The summed E-state index contributed by atoms with van der Waals surface area (Å²) < 4.78 is 11.0. The number of rotatable bonds is 16. The Balaban J connectivity index is 2.88. The lowest BCUT2D eigenvalue weighted by atomic mass is 10.2. The van der Waals surface area contributed by atoms with E-state index in [1.807, 2.05) is 0 Å². The Morgan fingerprint density at radius 2 is 1.05 bits per heavy atom. The molecule has 19 heavy (non-hydrogen) atoms. The van der Waals surface area contributed by atoms with Crippen LogP contribution in [0.1, 0.15) is 65.2 Å². The molecule has 0 aromatic heterocycles. The van der Waals surface area contributed by atoms with Crippen molar-refractivity contribution in [2.45, 2.75) is 65.2 Å². The van der Waals surface area contributed by atoms with Gasteiger partial charge in [-0.25, -0.2) is 5.32 Å². The van der Waals surface area contributed by atoms with Crippen molar-refractivity contribution in [2.24, 2.45) is 0 Å². The normalized spacial score (nSPS) is 11.1. The first-order chi connectivity index (χ1) is 9.41. The van der Waals surface area contributed by atoms with E-state index in [1.165, 1.54) is 51.4 Å². The molecule has 0 spiro atoms. The van der Waals surface area contributed by atoms with E-state index in [4.69, 9.17) is 9.47 Å². The molecule has 0 aromatic carbocycles. The molecule has 0 aliphatic heterocycles. The summed E-state index contributed by atoms with van der Waals surface area (Å²) in [5.74, 6) is 0. The highest BCUT2D eigenvalue weighted by atomic mass is 16.5. The largest absolute Gasteiger partial charge is 0.380 e. The van der Waals surface area contributed by atoms with Crippen molar-refractivity contribution >= 4 is 0 Å². The highest BCUT2D eigenvalue weighted by Crippen LogP contribution is 1.99. The summed E-state index contributed by atoms with van der Waals surface area (Å²) >= 11 is 0. The van der Waals surface area contributed by atoms with Crippen molar-refractivity contribution in [1.82, 2.24) is 5.32 Å². The van der Waals surface area contributed by atoms with E-state index in [9.17, 15) is 0 Å². The lowest BCUT2D eigenvalue weighted by Crippen LogP contribution is -2.18. The zero-order valence-electron chi connectivity index (χ0n) is 13.2. The first-order valence-electron chi connectivity index (χ1n) is 8.20. The molecule has 0 aliphatic rings. The second-order valence-electron chi connectivity index (χ2n) is 5.02. The summed E-state index contributed by atoms with van der Waals surface area (Å²) in [6.45, 7) is 9.40. The summed E-state index contributed by atoms with van der Waals surface area (Å²) in [5, 5.41) is 4.39. The predicted octanol–water partition coefficient (Wildman–Crippen LogP) is 3.78. The number of hydrogen-bond acceptors (Lipinski definition) is 2. The Bertz CT molecular complexity index is 138. The van der Waals surface area contributed by atoms with E-state index in [1.54, 1.807) is 0 Å². The first kappa shape index (κ1) is 18.9. The topological polar surface area (TPSA) is 32.6 Å². The number of nitrogens with zero attached hydrogens (tertiary/aromatic N) is 1. The molecule has 0 aliphatic carbocycles. The standard InChI is InChI=1S/C16H34NO2/c1-3-5-7-9-13-18-15-11-17-12-16-19-14-10-8-6-4-2/h3-16H2,1-2H3. The van der Waals surface area contributed by atoms with E-state index in [0.29, 0.717) is 0 Å². The maximum atomic E-state index is 5.52. The van der Waals surface area contributed by atoms with Crippen molar-refractivity contribution in [3.05, 3.63) is 0 Å². The summed E-state index contributed by atoms with van der Waals surface area (Å²) in [7, 11) is 0. The lowest BCUT2D eigenvalue weighted by Gasteiger charge is -2.06. The predicted molar refractivity (Wildman–Crippen MR) is 81.8 cm³/mol. The van der Waals surface area contributed by atoms with Gasteiger partial charge in [0.25, 0.3) is 0 Å². The summed E-state index contributed by atoms with van der Waals surface area (Å²) in [6, 6.07) is 0. The molecule has 0 fully saturated rings. The van der Waals surface area contributed by atoms with Gasteiger partial charge in [0.1, 0.15) is 0 Å². The van der Waals surface area contributed by atoms with Crippen LogP contribution in [-0.2, 0) is 9.47 Å². The van der Waals surface area contributed by atoms with Gasteiger partial charge in [-0.2, -0.15) is 0 Å².